The van der Waals surface area contributed by atoms with Crippen molar-refractivity contribution in [2.75, 3.05) is 0 Å². The first-order chi connectivity index (χ1) is 7.92. The lowest BCUT2D eigenvalue weighted by Crippen LogP contribution is -2.00. The van der Waals surface area contributed by atoms with Gasteiger partial charge in [-0.15, -0.1) is 0 Å². The molecule has 0 radical (unpaired) electrons. The van der Waals surface area contributed by atoms with Gasteiger partial charge in [-0.05, 0) is 42.7 Å². The molecule has 80 valence electrons. The van der Waals surface area contributed by atoms with Crippen LogP contribution in [0.25, 0.3) is 16.6 Å². The molecule has 0 aliphatic heterocycles. The van der Waals surface area contributed by atoms with Crippen molar-refractivity contribution in [2.45, 2.75) is 19.3 Å². The summed E-state index contributed by atoms with van der Waals surface area (Å²) in [5.74, 6) is 1.56. The van der Waals surface area contributed by atoms with Gasteiger partial charge in [0.15, 0.2) is 0 Å². The van der Waals surface area contributed by atoms with Crippen molar-refractivity contribution in [1.82, 2.24) is 15.0 Å². The number of allylic oxidation sites excluding steroid dienone is 2. The van der Waals surface area contributed by atoms with Crippen LogP contribution in [-0.4, -0.2) is 15.0 Å². The van der Waals surface area contributed by atoms with E-state index in [1.54, 1.807) is 6.33 Å². The smallest absolute Gasteiger partial charge is 0.141 e. The zero-order valence-electron chi connectivity index (χ0n) is 8.98. The van der Waals surface area contributed by atoms with E-state index in [9.17, 15) is 0 Å². The maximum Gasteiger partial charge on any atom is 0.141 e. The Bertz CT molecular complexity index is 582. The van der Waals surface area contributed by atoms with Gasteiger partial charge in [0.05, 0.1) is 5.69 Å². The highest BCUT2D eigenvalue weighted by atomic mass is 14.9. The van der Waals surface area contributed by atoms with Crippen molar-refractivity contribution in [3.05, 3.63) is 30.4 Å². The largest absolute Gasteiger partial charge is 0.346 e. The van der Waals surface area contributed by atoms with Gasteiger partial charge in [-0.25, -0.2) is 9.97 Å². The van der Waals surface area contributed by atoms with Crippen LogP contribution >= 0.6 is 0 Å². The number of nitrogens with one attached hydrogen (secondary N) is 1. The van der Waals surface area contributed by atoms with Gasteiger partial charge in [-0.1, -0.05) is 6.08 Å². The Kier molecular flexibility index (Phi) is 1.56. The van der Waals surface area contributed by atoms with Gasteiger partial charge in [0.1, 0.15) is 12.0 Å². The zero-order chi connectivity index (χ0) is 10.5. The molecule has 2 atom stereocenters. The lowest BCUT2D eigenvalue weighted by molar-refractivity contribution is 0.694. The molecule has 3 heteroatoms. The standard InChI is InChI=1S/C13H13N3/c1-2-9-5-8(1)6-11(9)12-10-3-4-14-13(10)16-7-15-12/h3-4,6-9H,1-2,5H2,(H,14,15,16). The van der Waals surface area contributed by atoms with Crippen LogP contribution in [0.2, 0.25) is 0 Å². The molecule has 4 rings (SSSR count). The number of aromatic nitrogens is 3. The van der Waals surface area contributed by atoms with Crippen LogP contribution in [0.1, 0.15) is 25.0 Å². The Morgan fingerprint density at radius 2 is 2.25 bits per heavy atom. The van der Waals surface area contributed by atoms with E-state index in [4.69, 9.17) is 0 Å². The number of hydrogen-bond donors (Lipinski definition) is 1. The van der Waals surface area contributed by atoms with E-state index >= 15 is 0 Å². The minimum Gasteiger partial charge on any atom is -0.346 e. The summed E-state index contributed by atoms with van der Waals surface area (Å²) in [5, 5.41) is 1.17. The number of fused-ring (bicyclic) bond motifs is 3. The van der Waals surface area contributed by atoms with E-state index in [0.29, 0.717) is 0 Å². The fraction of sp³-hybridized carbons (Fsp3) is 0.385. The fourth-order valence-electron chi connectivity index (χ4n) is 3.21. The molecule has 0 amide bonds. The van der Waals surface area contributed by atoms with Crippen molar-refractivity contribution in [1.29, 1.82) is 0 Å². The van der Waals surface area contributed by atoms with E-state index in [1.807, 2.05) is 6.20 Å². The van der Waals surface area contributed by atoms with Gasteiger partial charge in [-0.3, -0.25) is 0 Å². The summed E-state index contributed by atoms with van der Waals surface area (Å²) in [6, 6.07) is 2.08. The van der Waals surface area contributed by atoms with Crippen LogP contribution in [0.3, 0.4) is 0 Å². The summed E-state index contributed by atoms with van der Waals surface area (Å²) < 4.78 is 0. The molecule has 2 bridgehead atoms. The van der Waals surface area contributed by atoms with Crippen molar-refractivity contribution in [3.63, 3.8) is 0 Å². The van der Waals surface area contributed by atoms with Gasteiger partial charge in [0.2, 0.25) is 0 Å². The summed E-state index contributed by atoms with van der Waals surface area (Å²) in [6.07, 6.45) is 10.1. The van der Waals surface area contributed by atoms with Gasteiger partial charge >= 0.3 is 0 Å². The van der Waals surface area contributed by atoms with Crippen molar-refractivity contribution >= 4 is 16.6 Å². The van der Waals surface area contributed by atoms with Gasteiger partial charge in [-0.2, -0.15) is 0 Å². The SMILES string of the molecule is C1=C(c2ncnc3[nH]ccc23)C2CCC1C2. The third-order valence-corrected chi connectivity index (χ3v) is 3.96. The molecule has 1 N–H and O–H groups in total. The predicted molar refractivity (Wildman–Crippen MR) is 62.7 cm³/mol. The van der Waals surface area contributed by atoms with Crippen molar-refractivity contribution in [2.24, 2.45) is 11.8 Å². The minimum atomic E-state index is 0.748. The first-order valence-corrected chi connectivity index (χ1v) is 5.92. The van der Waals surface area contributed by atoms with Crippen LogP contribution in [0.4, 0.5) is 0 Å². The third kappa shape index (κ3) is 1.03. The molecule has 1 fully saturated rings. The molecule has 0 saturated heterocycles. The summed E-state index contributed by atoms with van der Waals surface area (Å²) in [4.78, 5) is 11.9. The molecule has 2 unspecified atom stereocenters. The van der Waals surface area contributed by atoms with Crippen molar-refractivity contribution in [3.8, 4) is 0 Å². The molecule has 2 heterocycles. The lowest BCUT2D eigenvalue weighted by Gasteiger charge is -2.12. The Hall–Kier alpha value is -1.64. The molecule has 1 saturated carbocycles. The second-order valence-corrected chi connectivity index (χ2v) is 4.85. The first-order valence-electron chi connectivity index (χ1n) is 5.92. The molecule has 2 aromatic rings. The molecular formula is C13H13N3. The van der Waals surface area contributed by atoms with Gasteiger partial charge < -0.3 is 4.98 Å². The molecule has 2 aromatic heterocycles. The highest BCUT2D eigenvalue weighted by Crippen LogP contribution is 2.48. The number of H-pyrrole nitrogens is 1. The quantitative estimate of drug-likeness (QED) is 0.788. The second-order valence-electron chi connectivity index (χ2n) is 4.85. The van der Waals surface area contributed by atoms with E-state index < -0.39 is 0 Å². The van der Waals surface area contributed by atoms with Crippen LogP contribution in [0.5, 0.6) is 0 Å². The van der Waals surface area contributed by atoms with Crippen LogP contribution < -0.4 is 0 Å². The average molecular weight is 211 g/mol. The number of rotatable bonds is 1. The molecule has 3 nitrogen and oxygen atoms in total. The average Bonchev–Trinajstić information content (AvgIpc) is 3.03. The number of nitrogens with zero attached hydrogens (tertiary/aromatic N) is 2. The van der Waals surface area contributed by atoms with E-state index in [0.717, 1.165) is 23.2 Å². The van der Waals surface area contributed by atoms with Crippen LogP contribution in [0.15, 0.2) is 24.7 Å². The molecule has 2 aliphatic carbocycles. The Morgan fingerprint density at radius 3 is 3.06 bits per heavy atom. The molecular weight excluding hydrogens is 198 g/mol. The second kappa shape index (κ2) is 2.94. The normalized spacial score (nSPS) is 27.6. The molecule has 2 aliphatic rings. The minimum absolute atomic E-state index is 0.748. The topological polar surface area (TPSA) is 41.6 Å². The number of aromatic amines is 1. The highest BCUT2D eigenvalue weighted by Gasteiger charge is 2.34. The molecule has 16 heavy (non-hydrogen) atoms. The monoisotopic (exact) mass is 211 g/mol. The maximum atomic E-state index is 4.48. The van der Waals surface area contributed by atoms with Gasteiger partial charge in [0.25, 0.3) is 0 Å². The fourth-order valence-corrected chi connectivity index (χ4v) is 3.21. The van der Waals surface area contributed by atoms with Crippen LogP contribution in [-0.2, 0) is 0 Å². The Morgan fingerprint density at radius 1 is 1.25 bits per heavy atom. The van der Waals surface area contributed by atoms with Gasteiger partial charge in [0, 0.05) is 11.6 Å². The molecule has 0 spiro atoms. The Balaban J connectivity index is 1.94. The summed E-state index contributed by atoms with van der Waals surface area (Å²) in [5.41, 5.74) is 3.57. The first kappa shape index (κ1) is 8.50. The summed E-state index contributed by atoms with van der Waals surface area (Å²) >= 11 is 0. The zero-order valence-corrected chi connectivity index (χ0v) is 8.98. The lowest BCUT2D eigenvalue weighted by atomic mass is 9.94. The van der Waals surface area contributed by atoms with Crippen LogP contribution in [0, 0.1) is 11.8 Å². The molecule has 0 aromatic carbocycles. The third-order valence-electron chi connectivity index (χ3n) is 3.96. The van der Waals surface area contributed by atoms with E-state index in [1.165, 1.54) is 30.2 Å². The number of hydrogen-bond acceptors (Lipinski definition) is 2. The summed E-state index contributed by atoms with van der Waals surface area (Å²) in [6.45, 7) is 0. The van der Waals surface area contributed by atoms with E-state index in [-0.39, 0.29) is 0 Å². The van der Waals surface area contributed by atoms with Crippen molar-refractivity contribution < 1.29 is 0 Å². The maximum absolute atomic E-state index is 4.48. The predicted octanol–water partition coefficient (Wildman–Crippen LogP) is 2.77. The summed E-state index contributed by atoms with van der Waals surface area (Å²) in [7, 11) is 0. The highest BCUT2D eigenvalue weighted by molar-refractivity contribution is 5.89. The Labute approximate surface area is 93.6 Å². The van der Waals surface area contributed by atoms with E-state index in [2.05, 4.69) is 27.1 Å².